The highest BCUT2D eigenvalue weighted by molar-refractivity contribution is 7.09. The van der Waals surface area contributed by atoms with Gasteiger partial charge < -0.3 is 10.3 Å². The van der Waals surface area contributed by atoms with E-state index < -0.39 is 0 Å². The van der Waals surface area contributed by atoms with Crippen LogP contribution in [0.15, 0.2) is 46.3 Å². The number of anilines is 1. The van der Waals surface area contributed by atoms with Gasteiger partial charge in [0.25, 0.3) is 0 Å². The van der Waals surface area contributed by atoms with Crippen molar-refractivity contribution >= 4 is 17.2 Å². The first-order valence-corrected chi connectivity index (χ1v) is 7.95. The van der Waals surface area contributed by atoms with Gasteiger partial charge >= 0.3 is 0 Å². The molecule has 0 amide bonds. The van der Waals surface area contributed by atoms with Crippen LogP contribution < -0.4 is 5.73 Å². The lowest BCUT2D eigenvalue weighted by Crippen LogP contribution is -1.92. The summed E-state index contributed by atoms with van der Waals surface area (Å²) in [4.78, 5) is 1.40. The van der Waals surface area contributed by atoms with Crippen molar-refractivity contribution in [3.05, 3.63) is 58.0 Å². The standard InChI is InChI=1S/C17H18N2OS/c1-12-7-9-13(10-8-12)16-15(20-19-17(16)18)6-2-4-14-5-3-11-21-14/h3,5,7-11H,2,4,6H2,1H3,(H2,18,19). The molecule has 2 aromatic heterocycles. The molecule has 0 unspecified atom stereocenters. The number of aromatic nitrogens is 1. The van der Waals surface area contributed by atoms with E-state index in [4.69, 9.17) is 10.3 Å². The number of nitrogens with two attached hydrogens (primary N) is 1. The van der Waals surface area contributed by atoms with E-state index in [1.54, 1.807) is 11.3 Å². The lowest BCUT2D eigenvalue weighted by atomic mass is 10.0. The summed E-state index contributed by atoms with van der Waals surface area (Å²) in [5.74, 6) is 1.36. The lowest BCUT2D eigenvalue weighted by Gasteiger charge is -2.03. The van der Waals surface area contributed by atoms with E-state index in [0.717, 1.165) is 36.1 Å². The second kappa shape index (κ2) is 6.14. The van der Waals surface area contributed by atoms with Crippen LogP contribution in [0.5, 0.6) is 0 Å². The van der Waals surface area contributed by atoms with Crippen molar-refractivity contribution in [3.63, 3.8) is 0 Å². The van der Waals surface area contributed by atoms with Gasteiger partial charge in [0.2, 0.25) is 0 Å². The molecule has 0 aliphatic carbocycles. The van der Waals surface area contributed by atoms with E-state index in [1.807, 2.05) is 0 Å². The van der Waals surface area contributed by atoms with Crippen LogP contribution in [0, 0.1) is 6.92 Å². The maximum absolute atomic E-state index is 5.97. The molecule has 0 saturated carbocycles. The number of aryl methyl sites for hydroxylation is 3. The molecule has 2 heterocycles. The van der Waals surface area contributed by atoms with E-state index >= 15 is 0 Å². The zero-order chi connectivity index (χ0) is 14.7. The number of nitrogens with zero attached hydrogens (tertiary/aromatic N) is 1. The summed E-state index contributed by atoms with van der Waals surface area (Å²) in [7, 11) is 0. The number of nitrogen functional groups attached to an aromatic ring is 1. The highest BCUT2D eigenvalue weighted by Crippen LogP contribution is 2.30. The third-order valence-electron chi connectivity index (χ3n) is 3.54. The lowest BCUT2D eigenvalue weighted by molar-refractivity contribution is 0.384. The van der Waals surface area contributed by atoms with Crippen LogP contribution in [-0.4, -0.2) is 5.16 Å². The van der Waals surface area contributed by atoms with Gasteiger partial charge in [-0.2, -0.15) is 0 Å². The van der Waals surface area contributed by atoms with E-state index in [1.165, 1.54) is 10.4 Å². The highest BCUT2D eigenvalue weighted by atomic mass is 32.1. The molecular weight excluding hydrogens is 280 g/mol. The minimum Gasteiger partial charge on any atom is -0.380 e. The summed E-state index contributed by atoms with van der Waals surface area (Å²) in [5.41, 5.74) is 9.22. The van der Waals surface area contributed by atoms with Gasteiger partial charge in [-0.25, -0.2) is 0 Å². The van der Waals surface area contributed by atoms with Crippen LogP contribution in [0.4, 0.5) is 5.82 Å². The Bertz CT molecular complexity index is 699. The molecule has 3 nitrogen and oxygen atoms in total. The summed E-state index contributed by atoms with van der Waals surface area (Å²) in [5, 5.41) is 6.05. The smallest absolute Gasteiger partial charge is 0.175 e. The van der Waals surface area contributed by atoms with Gasteiger partial charge in [0.15, 0.2) is 5.82 Å². The Labute approximate surface area is 128 Å². The molecule has 3 aromatic rings. The highest BCUT2D eigenvalue weighted by Gasteiger charge is 2.15. The number of benzene rings is 1. The Kier molecular flexibility index (Phi) is 4.06. The van der Waals surface area contributed by atoms with E-state index in [2.05, 4.69) is 53.9 Å². The summed E-state index contributed by atoms with van der Waals surface area (Å²) in [6, 6.07) is 12.6. The molecule has 1 aromatic carbocycles. The van der Waals surface area contributed by atoms with Crippen LogP contribution in [0.3, 0.4) is 0 Å². The molecule has 21 heavy (non-hydrogen) atoms. The predicted molar refractivity (Wildman–Crippen MR) is 87.4 cm³/mol. The Morgan fingerprint density at radius 1 is 1.14 bits per heavy atom. The molecule has 3 rings (SSSR count). The maximum Gasteiger partial charge on any atom is 0.175 e. The zero-order valence-corrected chi connectivity index (χ0v) is 12.8. The molecule has 0 fully saturated rings. The normalized spacial score (nSPS) is 10.9. The van der Waals surface area contributed by atoms with E-state index in [-0.39, 0.29) is 0 Å². The summed E-state index contributed by atoms with van der Waals surface area (Å²) < 4.78 is 5.43. The second-order valence-corrected chi connectivity index (χ2v) is 6.20. The van der Waals surface area contributed by atoms with Crippen molar-refractivity contribution in [2.75, 3.05) is 5.73 Å². The minimum absolute atomic E-state index is 0.477. The topological polar surface area (TPSA) is 52.0 Å². The van der Waals surface area contributed by atoms with Gasteiger partial charge in [-0.1, -0.05) is 41.1 Å². The Morgan fingerprint density at radius 2 is 1.95 bits per heavy atom. The van der Waals surface area contributed by atoms with Gasteiger partial charge in [0.05, 0.1) is 5.56 Å². The molecule has 2 N–H and O–H groups in total. The van der Waals surface area contributed by atoms with Crippen LogP contribution in [0.25, 0.3) is 11.1 Å². The van der Waals surface area contributed by atoms with Crippen LogP contribution in [0.2, 0.25) is 0 Å². The molecule has 0 spiro atoms. The van der Waals surface area contributed by atoms with Crippen LogP contribution in [0.1, 0.15) is 22.6 Å². The molecule has 0 saturated heterocycles. The fourth-order valence-electron chi connectivity index (χ4n) is 2.42. The largest absolute Gasteiger partial charge is 0.380 e. The van der Waals surface area contributed by atoms with E-state index in [0.29, 0.717) is 5.82 Å². The minimum atomic E-state index is 0.477. The average molecular weight is 298 g/mol. The fourth-order valence-corrected chi connectivity index (χ4v) is 3.17. The van der Waals surface area contributed by atoms with Gasteiger partial charge in [0.1, 0.15) is 5.76 Å². The second-order valence-electron chi connectivity index (χ2n) is 5.16. The molecule has 4 heteroatoms. The molecule has 0 atom stereocenters. The van der Waals surface area contributed by atoms with Gasteiger partial charge in [-0.05, 0) is 36.8 Å². The molecular formula is C17H18N2OS. The van der Waals surface area contributed by atoms with Crippen molar-refractivity contribution in [2.24, 2.45) is 0 Å². The number of hydrogen-bond donors (Lipinski definition) is 1. The third-order valence-corrected chi connectivity index (χ3v) is 4.47. The maximum atomic E-state index is 5.97. The Balaban J connectivity index is 1.75. The quantitative estimate of drug-likeness (QED) is 0.756. The molecule has 108 valence electrons. The molecule has 0 aliphatic rings. The number of rotatable bonds is 5. The first-order chi connectivity index (χ1) is 10.2. The van der Waals surface area contributed by atoms with Crippen molar-refractivity contribution in [1.82, 2.24) is 5.16 Å². The molecule has 0 radical (unpaired) electrons. The van der Waals surface area contributed by atoms with Crippen LogP contribution >= 0.6 is 11.3 Å². The Morgan fingerprint density at radius 3 is 2.67 bits per heavy atom. The average Bonchev–Trinajstić information content (AvgIpc) is 3.11. The van der Waals surface area contributed by atoms with Gasteiger partial charge in [-0.15, -0.1) is 11.3 Å². The SMILES string of the molecule is Cc1ccc(-c2c(N)noc2CCCc2cccs2)cc1. The summed E-state index contributed by atoms with van der Waals surface area (Å²) >= 11 is 1.79. The zero-order valence-electron chi connectivity index (χ0n) is 12.0. The molecule has 0 aliphatic heterocycles. The first kappa shape index (κ1) is 13.9. The third kappa shape index (κ3) is 3.16. The Hall–Kier alpha value is -2.07. The van der Waals surface area contributed by atoms with Crippen molar-refractivity contribution < 1.29 is 4.52 Å². The summed E-state index contributed by atoms with van der Waals surface area (Å²) in [6.45, 7) is 2.07. The van der Waals surface area contributed by atoms with Gasteiger partial charge in [-0.3, -0.25) is 0 Å². The van der Waals surface area contributed by atoms with Gasteiger partial charge in [0, 0.05) is 11.3 Å². The number of hydrogen-bond acceptors (Lipinski definition) is 4. The first-order valence-electron chi connectivity index (χ1n) is 7.07. The summed E-state index contributed by atoms with van der Waals surface area (Å²) in [6.07, 6.45) is 2.95. The predicted octanol–water partition coefficient (Wildman–Crippen LogP) is 4.47. The van der Waals surface area contributed by atoms with E-state index in [9.17, 15) is 0 Å². The van der Waals surface area contributed by atoms with Crippen molar-refractivity contribution in [1.29, 1.82) is 0 Å². The molecule has 0 bridgehead atoms. The number of thiophene rings is 1. The fraction of sp³-hybridized carbons (Fsp3) is 0.235. The van der Waals surface area contributed by atoms with Crippen LogP contribution in [-0.2, 0) is 12.8 Å². The van der Waals surface area contributed by atoms with Crippen molar-refractivity contribution in [3.8, 4) is 11.1 Å². The monoisotopic (exact) mass is 298 g/mol. The van der Waals surface area contributed by atoms with Crippen molar-refractivity contribution in [2.45, 2.75) is 26.2 Å².